The van der Waals surface area contributed by atoms with Crippen molar-refractivity contribution in [3.63, 3.8) is 0 Å². The van der Waals surface area contributed by atoms with Crippen molar-refractivity contribution >= 4 is 12.0 Å². The summed E-state index contributed by atoms with van der Waals surface area (Å²) < 4.78 is 13.3. The van der Waals surface area contributed by atoms with Crippen LogP contribution >= 0.6 is 0 Å². The third kappa shape index (κ3) is 2.17. The van der Waals surface area contributed by atoms with Crippen molar-refractivity contribution in [2.24, 2.45) is 0 Å². The van der Waals surface area contributed by atoms with E-state index >= 15 is 0 Å². The minimum Gasteiger partial charge on any atom is -0.478 e. The number of benzene rings is 1. The minimum atomic E-state index is -1.30. The highest BCUT2D eigenvalue weighted by Crippen LogP contribution is 2.14. The molecule has 3 nitrogen and oxygen atoms in total. The van der Waals surface area contributed by atoms with Crippen LogP contribution in [0.5, 0.6) is 0 Å². The highest BCUT2D eigenvalue weighted by atomic mass is 19.1. The first kappa shape index (κ1) is 10.4. The number of halogens is 1. The Morgan fingerprint density at radius 3 is 2.79 bits per heavy atom. The molecule has 0 spiro atoms. The number of carboxylic acids is 1. The molecule has 1 aromatic rings. The van der Waals surface area contributed by atoms with E-state index in [1.54, 1.807) is 0 Å². The number of carboxylic acid groups (broad SMARTS) is 1. The predicted octanol–water partition coefficient (Wildman–Crippen LogP) is 1.53. The molecule has 0 saturated heterocycles. The lowest BCUT2D eigenvalue weighted by molar-refractivity contribution is 0.0692. The Kier molecular flexibility index (Phi) is 3.36. The van der Waals surface area contributed by atoms with Gasteiger partial charge in [-0.1, -0.05) is 24.3 Å². The maximum absolute atomic E-state index is 13.3. The van der Waals surface area contributed by atoms with E-state index in [0.717, 1.165) is 0 Å². The van der Waals surface area contributed by atoms with E-state index in [1.165, 1.54) is 30.4 Å². The zero-order valence-corrected chi connectivity index (χ0v) is 7.27. The molecule has 0 bridgehead atoms. The quantitative estimate of drug-likeness (QED) is 0.770. The summed E-state index contributed by atoms with van der Waals surface area (Å²) in [5.74, 6) is -2.09. The lowest BCUT2D eigenvalue weighted by Crippen LogP contribution is -2.01. The molecule has 74 valence electrons. The number of carbonyl (C=O) groups is 1. The lowest BCUT2D eigenvalue weighted by Gasteiger charge is -2.00. The van der Waals surface area contributed by atoms with Gasteiger partial charge in [0.05, 0.1) is 12.2 Å². The maximum Gasteiger partial charge on any atom is 0.338 e. The number of aliphatic hydroxyl groups excluding tert-OH is 1. The van der Waals surface area contributed by atoms with Crippen LogP contribution in [0.1, 0.15) is 15.9 Å². The van der Waals surface area contributed by atoms with Crippen molar-refractivity contribution in [2.75, 3.05) is 6.61 Å². The Hall–Kier alpha value is -1.68. The molecular formula is C10H9FO3. The van der Waals surface area contributed by atoms with Gasteiger partial charge in [-0.05, 0) is 6.07 Å². The smallest absolute Gasteiger partial charge is 0.338 e. The van der Waals surface area contributed by atoms with Crippen LogP contribution in [0, 0.1) is 5.82 Å². The third-order valence-electron chi connectivity index (χ3n) is 1.66. The Bertz CT molecular complexity index is 372. The second-order valence-corrected chi connectivity index (χ2v) is 2.60. The van der Waals surface area contributed by atoms with E-state index < -0.39 is 11.8 Å². The van der Waals surface area contributed by atoms with Crippen LogP contribution in [0.25, 0.3) is 6.08 Å². The van der Waals surface area contributed by atoms with Crippen molar-refractivity contribution in [1.29, 1.82) is 0 Å². The molecule has 0 saturated carbocycles. The van der Waals surface area contributed by atoms with Gasteiger partial charge in [-0.15, -0.1) is 0 Å². The summed E-state index contributed by atoms with van der Waals surface area (Å²) in [5.41, 5.74) is -0.218. The average Bonchev–Trinajstić information content (AvgIpc) is 2.16. The molecule has 1 rings (SSSR count). The molecule has 14 heavy (non-hydrogen) atoms. The molecule has 1 aromatic carbocycles. The summed E-state index contributed by atoms with van der Waals surface area (Å²) in [7, 11) is 0. The van der Waals surface area contributed by atoms with Gasteiger partial charge in [0.2, 0.25) is 0 Å². The zero-order chi connectivity index (χ0) is 10.6. The first-order valence-corrected chi connectivity index (χ1v) is 3.96. The van der Waals surface area contributed by atoms with Crippen molar-refractivity contribution in [1.82, 2.24) is 0 Å². The second kappa shape index (κ2) is 4.53. The fraction of sp³-hybridized carbons (Fsp3) is 0.100. The van der Waals surface area contributed by atoms with E-state index in [9.17, 15) is 9.18 Å². The van der Waals surface area contributed by atoms with Gasteiger partial charge in [0, 0.05) is 5.56 Å². The van der Waals surface area contributed by atoms with Crippen molar-refractivity contribution < 1.29 is 19.4 Å². The van der Waals surface area contributed by atoms with E-state index in [4.69, 9.17) is 10.2 Å². The maximum atomic E-state index is 13.3. The second-order valence-electron chi connectivity index (χ2n) is 2.60. The van der Waals surface area contributed by atoms with Crippen LogP contribution in [0.3, 0.4) is 0 Å². The Morgan fingerprint density at radius 2 is 2.21 bits per heavy atom. The molecule has 0 aliphatic carbocycles. The lowest BCUT2D eigenvalue weighted by atomic mass is 10.1. The van der Waals surface area contributed by atoms with Gasteiger partial charge in [0.1, 0.15) is 5.82 Å². The molecule has 0 unspecified atom stereocenters. The Morgan fingerprint density at radius 1 is 1.50 bits per heavy atom. The predicted molar refractivity (Wildman–Crippen MR) is 49.5 cm³/mol. The zero-order valence-electron chi connectivity index (χ0n) is 7.27. The molecule has 2 N–H and O–H groups in total. The average molecular weight is 196 g/mol. The summed E-state index contributed by atoms with van der Waals surface area (Å²) in [4.78, 5) is 10.5. The molecule has 0 radical (unpaired) electrons. The van der Waals surface area contributed by atoms with Gasteiger partial charge in [-0.3, -0.25) is 0 Å². The van der Waals surface area contributed by atoms with Crippen molar-refractivity contribution in [3.05, 3.63) is 41.2 Å². The van der Waals surface area contributed by atoms with Crippen LogP contribution in [-0.2, 0) is 0 Å². The summed E-state index contributed by atoms with van der Waals surface area (Å²) in [6, 6.07) is 4.07. The number of hydrogen-bond donors (Lipinski definition) is 2. The van der Waals surface area contributed by atoms with Gasteiger partial charge < -0.3 is 10.2 Å². The molecule has 4 heteroatoms. The number of aromatic carboxylic acids is 1. The van der Waals surface area contributed by atoms with E-state index in [-0.39, 0.29) is 17.7 Å². The summed E-state index contributed by atoms with van der Waals surface area (Å²) in [6.07, 6.45) is 2.67. The van der Waals surface area contributed by atoms with E-state index in [2.05, 4.69) is 0 Å². The van der Waals surface area contributed by atoms with Gasteiger partial charge in [-0.2, -0.15) is 0 Å². The van der Waals surface area contributed by atoms with Crippen molar-refractivity contribution in [2.45, 2.75) is 0 Å². The van der Waals surface area contributed by atoms with E-state index in [1.807, 2.05) is 0 Å². The third-order valence-corrected chi connectivity index (χ3v) is 1.66. The molecule has 0 amide bonds. The van der Waals surface area contributed by atoms with Gasteiger partial charge in [0.15, 0.2) is 0 Å². The fourth-order valence-electron chi connectivity index (χ4n) is 1.02. The van der Waals surface area contributed by atoms with Crippen LogP contribution in [0.2, 0.25) is 0 Å². The number of hydrogen-bond acceptors (Lipinski definition) is 2. The summed E-state index contributed by atoms with van der Waals surface area (Å²) in [6.45, 7) is -0.212. The topological polar surface area (TPSA) is 57.5 Å². The monoisotopic (exact) mass is 196 g/mol. The van der Waals surface area contributed by atoms with Crippen LogP contribution < -0.4 is 0 Å². The molecular weight excluding hydrogens is 187 g/mol. The molecule has 0 aromatic heterocycles. The molecule has 0 aliphatic rings. The first-order chi connectivity index (χ1) is 6.66. The van der Waals surface area contributed by atoms with Gasteiger partial charge in [-0.25, -0.2) is 9.18 Å². The Labute approximate surface area is 80.1 Å². The minimum absolute atomic E-state index is 0.152. The number of rotatable bonds is 3. The van der Waals surface area contributed by atoms with Crippen LogP contribution in [-0.4, -0.2) is 22.8 Å². The molecule has 0 atom stereocenters. The largest absolute Gasteiger partial charge is 0.478 e. The van der Waals surface area contributed by atoms with Crippen LogP contribution in [0.15, 0.2) is 24.3 Å². The number of aliphatic hydroxyl groups is 1. The Balaban J connectivity index is 3.14. The van der Waals surface area contributed by atoms with Gasteiger partial charge >= 0.3 is 5.97 Å². The summed E-state index contributed by atoms with van der Waals surface area (Å²) >= 11 is 0. The highest BCUT2D eigenvalue weighted by molar-refractivity contribution is 5.88. The molecule has 0 aliphatic heterocycles. The SMILES string of the molecule is O=C(O)c1cccc(C=CCO)c1F. The summed E-state index contributed by atoms with van der Waals surface area (Å²) in [5, 5.41) is 17.1. The first-order valence-electron chi connectivity index (χ1n) is 3.96. The molecule has 0 fully saturated rings. The standard InChI is InChI=1S/C10H9FO3/c11-9-7(4-2-6-12)3-1-5-8(9)10(13)14/h1-5,12H,6H2,(H,13,14). The van der Waals surface area contributed by atoms with Gasteiger partial charge in [0.25, 0.3) is 0 Å². The van der Waals surface area contributed by atoms with Crippen molar-refractivity contribution in [3.8, 4) is 0 Å². The fourth-order valence-corrected chi connectivity index (χ4v) is 1.02. The van der Waals surface area contributed by atoms with E-state index in [0.29, 0.717) is 0 Å². The van der Waals surface area contributed by atoms with Crippen LogP contribution in [0.4, 0.5) is 4.39 Å². The normalized spacial score (nSPS) is 10.7. The molecule has 0 heterocycles. The highest BCUT2D eigenvalue weighted by Gasteiger charge is 2.11.